The molecule has 0 saturated carbocycles. The van der Waals surface area contributed by atoms with E-state index < -0.39 is 0 Å². The molecule has 0 aromatic rings. The predicted molar refractivity (Wildman–Crippen MR) is 102 cm³/mol. The molecule has 3 unspecified atom stereocenters. The largest absolute Gasteiger partial charge is 0.353 e. The molecule has 2 aliphatic rings. The van der Waals surface area contributed by atoms with E-state index in [9.17, 15) is 0 Å². The summed E-state index contributed by atoms with van der Waals surface area (Å²) in [6, 6.07) is 0.711. The van der Waals surface area contributed by atoms with Gasteiger partial charge in [-0.25, -0.2) is 0 Å². The maximum Gasteiger partial charge on any atom is 0.156 e. The molecule has 4 nitrogen and oxygen atoms in total. The third kappa shape index (κ3) is 9.36. The summed E-state index contributed by atoms with van der Waals surface area (Å²) in [6.07, 6.45) is 12.2. The minimum absolute atomic E-state index is 0.0984. The van der Waals surface area contributed by atoms with Gasteiger partial charge in [0.15, 0.2) is 6.29 Å². The number of piperidine rings is 2. The second-order valence-electron chi connectivity index (χ2n) is 7.10. The van der Waals surface area contributed by atoms with Crippen LogP contribution in [0.4, 0.5) is 0 Å². The number of nitrogens with zero attached hydrogens (tertiary/aromatic N) is 1. The highest BCUT2D eigenvalue weighted by Crippen LogP contribution is 2.24. The molecule has 4 heteroatoms. The fourth-order valence-electron chi connectivity index (χ4n) is 3.68. The molecule has 0 radical (unpaired) electrons. The van der Waals surface area contributed by atoms with E-state index in [1.54, 1.807) is 0 Å². The second-order valence-corrected chi connectivity index (χ2v) is 7.10. The van der Waals surface area contributed by atoms with E-state index in [4.69, 9.17) is 9.47 Å². The van der Waals surface area contributed by atoms with Gasteiger partial charge in [-0.3, -0.25) is 4.90 Å². The number of rotatable bonds is 8. The maximum atomic E-state index is 5.94. The van der Waals surface area contributed by atoms with Crippen LogP contribution < -0.4 is 5.32 Å². The Morgan fingerprint density at radius 3 is 2.33 bits per heavy atom. The van der Waals surface area contributed by atoms with Gasteiger partial charge in [-0.05, 0) is 66.0 Å². The first-order valence-corrected chi connectivity index (χ1v) is 10.4. The normalized spacial score (nSPS) is 24.8. The van der Waals surface area contributed by atoms with Crippen LogP contribution in [0.2, 0.25) is 0 Å². The smallest absolute Gasteiger partial charge is 0.156 e. The lowest BCUT2D eigenvalue weighted by Gasteiger charge is -2.40. The molecule has 0 spiro atoms. The Bertz CT molecular complexity index is 273. The van der Waals surface area contributed by atoms with Crippen LogP contribution in [0.1, 0.15) is 85.5 Å². The molecule has 0 aliphatic carbocycles. The zero-order valence-corrected chi connectivity index (χ0v) is 16.7. The lowest BCUT2D eigenvalue weighted by atomic mass is 9.97. The molecule has 144 valence electrons. The molecular weight excluding hydrogens is 300 g/mol. The number of ether oxygens (including phenoxy) is 2. The molecular formula is C20H42N2O2. The quantitative estimate of drug-likeness (QED) is 0.657. The van der Waals surface area contributed by atoms with Crippen molar-refractivity contribution < 1.29 is 9.47 Å². The molecule has 0 aromatic carbocycles. The molecule has 0 aromatic heterocycles. The fourth-order valence-corrected chi connectivity index (χ4v) is 3.68. The van der Waals surface area contributed by atoms with Gasteiger partial charge in [0.1, 0.15) is 6.23 Å². The number of hydrogen-bond donors (Lipinski definition) is 1. The highest BCUT2D eigenvalue weighted by atomic mass is 16.7. The van der Waals surface area contributed by atoms with Crippen LogP contribution in [0.3, 0.4) is 0 Å². The van der Waals surface area contributed by atoms with Crippen molar-refractivity contribution in [3.05, 3.63) is 0 Å². The molecule has 3 atom stereocenters. The summed E-state index contributed by atoms with van der Waals surface area (Å²) in [7, 11) is 0. The number of hydrogen-bond acceptors (Lipinski definition) is 4. The van der Waals surface area contributed by atoms with Crippen LogP contribution in [0.15, 0.2) is 0 Å². The Kier molecular flexibility index (Phi) is 12.8. The van der Waals surface area contributed by atoms with Crippen molar-refractivity contribution in [2.75, 3.05) is 26.2 Å². The van der Waals surface area contributed by atoms with Gasteiger partial charge in [0.2, 0.25) is 0 Å². The number of nitrogens with one attached hydrogen (secondary N) is 1. The standard InChI is InChI=1S/C15H31NO2.C5H11N/c1-5-7-10-15-11-8-9-12-16(15)13(3)18-14(4)17-6-2;1-2-4-6-5-3-1/h13-15H,5-12H2,1-4H3;6H,1-5H2. The molecule has 2 saturated heterocycles. The van der Waals surface area contributed by atoms with E-state index in [-0.39, 0.29) is 12.5 Å². The molecule has 2 aliphatic heterocycles. The van der Waals surface area contributed by atoms with Crippen LogP contribution >= 0.6 is 0 Å². The Morgan fingerprint density at radius 1 is 1.04 bits per heavy atom. The number of likely N-dealkylation sites (tertiary alicyclic amines) is 1. The average molecular weight is 343 g/mol. The van der Waals surface area contributed by atoms with E-state index in [1.807, 2.05) is 13.8 Å². The van der Waals surface area contributed by atoms with Crippen molar-refractivity contribution in [1.82, 2.24) is 10.2 Å². The van der Waals surface area contributed by atoms with Crippen LogP contribution in [0.25, 0.3) is 0 Å². The summed E-state index contributed by atoms with van der Waals surface area (Å²) >= 11 is 0. The Hall–Kier alpha value is -0.160. The maximum absolute atomic E-state index is 5.94. The van der Waals surface area contributed by atoms with Crippen LogP contribution in [-0.2, 0) is 9.47 Å². The van der Waals surface area contributed by atoms with Crippen LogP contribution in [0.5, 0.6) is 0 Å². The van der Waals surface area contributed by atoms with Gasteiger partial charge in [-0.15, -0.1) is 0 Å². The van der Waals surface area contributed by atoms with Gasteiger partial charge in [-0.1, -0.05) is 32.6 Å². The molecule has 0 amide bonds. The molecule has 2 heterocycles. The van der Waals surface area contributed by atoms with Gasteiger partial charge in [0.25, 0.3) is 0 Å². The van der Waals surface area contributed by atoms with Crippen molar-refractivity contribution in [3.8, 4) is 0 Å². The van der Waals surface area contributed by atoms with Crippen molar-refractivity contribution >= 4 is 0 Å². The highest BCUT2D eigenvalue weighted by Gasteiger charge is 2.27. The SMILES string of the molecule is C1CCNCC1.CCCCC1CCCCN1C(C)OC(C)OCC. The first-order valence-electron chi connectivity index (χ1n) is 10.4. The lowest BCUT2D eigenvalue weighted by molar-refractivity contribution is -0.200. The van der Waals surface area contributed by atoms with Crippen LogP contribution in [0, 0.1) is 0 Å². The summed E-state index contributed by atoms with van der Waals surface area (Å²) in [5.41, 5.74) is 0. The molecule has 24 heavy (non-hydrogen) atoms. The predicted octanol–water partition coefficient (Wildman–Crippen LogP) is 4.54. The summed E-state index contributed by atoms with van der Waals surface area (Å²) < 4.78 is 11.4. The van der Waals surface area contributed by atoms with Gasteiger partial charge < -0.3 is 14.8 Å². The minimum Gasteiger partial charge on any atom is -0.353 e. The van der Waals surface area contributed by atoms with Crippen molar-refractivity contribution in [2.45, 2.75) is 104 Å². The van der Waals surface area contributed by atoms with Gasteiger partial charge in [-0.2, -0.15) is 0 Å². The number of unbranched alkanes of at least 4 members (excludes halogenated alkanes) is 1. The van der Waals surface area contributed by atoms with Gasteiger partial charge >= 0.3 is 0 Å². The zero-order valence-electron chi connectivity index (χ0n) is 16.7. The van der Waals surface area contributed by atoms with E-state index in [2.05, 4.69) is 24.1 Å². The third-order valence-electron chi connectivity index (χ3n) is 5.03. The summed E-state index contributed by atoms with van der Waals surface area (Å²) in [5, 5.41) is 3.28. The van der Waals surface area contributed by atoms with E-state index in [1.165, 1.54) is 77.4 Å². The summed E-state index contributed by atoms with van der Waals surface area (Å²) in [5.74, 6) is 0. The third-order valence-corrected chi connectivity index (χ3v) is 5.03. The van der Waals surface area contributed by atoms with E-state index in [0.29, 0.717) is 12.6 Å². The van der Waals surface area contributed by atoms with E-state index in [0.717, 1.165) is 0 Å². The zero-order chi connectivity index (χ0) is 17.6. The van der Waals surface area contributed by atoms with E-state index >= 15 is 0 Å². The Morgan fingerprint density at radius 2 is 1.79 bits per heavy atom. The molecule has 2 fully saturated rings. The molecule has 2 rings (SSSR count). The summed E-state index contributed by atoms with van der Waals surface area (Å²) in [4.78, 5) is 2.54. The first-order chi connectivity index (χ1) is 11.7. The topological polar surface area (TPSA) is 33.7 Å². The van der Waals surface area contributed by atoms with Crippen molar-refractivity contribution in [2.24, 2.45) is 0 Å². The van der Waals surface area contributed by atoms with Crippen LogP contribution in [-0.4, -0.2) is 49.7 Å². The fraction of sp³-hybridized carbons (Fsp3) is 1.00. The second kappa shape index (κ2) is 14.1. The van der Waals surface area contributed by atoms with Crippen molar-refractivity contribution in [3.63, 3.8) is 0 Å². The average Bonchev–Trinajstić information content (AvgIpc) is 2.62. The lowest BCUT2D eigenvalue weighted by Crippen LogP contribution is -2.47. The minimum atomic E-state index is -0.0984. The summed E-state index contributed by atoms with van der Waals surface area (Å²) in [6.45, 7) is 12.8. The Labute approximate surface area is 150 Å². The van der Waals surface area contributed by atoms with Gasteiger partial charge in [0, 0.05) is 19.2 Å². The monoisotopic (exact) mass is 342 g/mol. The molecule has 0 bridgehead atoms. The van der Waals surface area contributed by atoms with Crippen molar-refractivity contribution in [1.29, 1.82) is 0 Å². The molecule has 1 N–H and O–H groups in total. The first kappa shape index (κ1) is 21.9. The van der Waals surface area contributed by atoms with Gasteiger partial charge in [0.05, 0.1) is 0 Å². The highest BCUT2D eigenvalue weighted by molar-refractivity contribution is 4.78. The Balaban J connectivity index is 0.000000400.